The van der Waals surface area contributed by atoms with E-state index in [4.69, 9.17) is 0 Å². The highest BCUT2D eigenvalue weighted by atomic mass is 79.9. The van der Waals surface area contributed by atoms with E-state index >= 15 is 0 Å². The smallest absolute Gasteiger partial charge is 0.133 e. The van der Waals surface area contributed by atoms with Gasteiger partial charge < -0.3 is 4.90 Å². The van der Waals surface area contributed by atoms with Crippen molar-refractivity contribution in [3.05, 3.63) is 17.0 Å². The average molecular weight is 274 g/mol. The summed E-state index contributed by atoms with van der Waals surface area (Å²) < 4.78 is 0.847. The Kier molecular flexibility index (Phi) is 3.28. The quantitative estimate of drug-likeness (QED) is 0.773. The number of thioether (sulfide) groups is 1. The Morgan fingerprint density at radius 1 is 1.57 bits per heavy atom. The first-order valence-corrected chi connectivity index (χ1v) is 6.50. The van der Waals surface area contributed by atoms with Crippen molar-refractivity contribution in [1.82, 2.24) is 9.97 Å². The number of halogens is 1. The molecular weight excluding hydrogens is 262 g/mol. The second kappa shape index (κ2) is 4.49. The number of hydrogen-bond acceptors (Lipinski definition) is 4. The van der Waals surface area contributed by atoms with E-state index in [-0.39, 0.29) is 0 Å². The molecule has 76 valence electrons. The third kappa shape index (κ3) is 2.20. The maximum atomic E-state index is 4.26. The van der Waals surface area contributed by atoms with Gasteiger partial charge in [-0.2, -0.15) is 11.8 Å². The lowest BCUT2D eigenvalue weighted by atomic mass is 10.2. The van der Waals surface area contributed by atoms with Gasteiger partial charge in [0.15, 0.2) is 0 Å². The number of anilines is 1. The second-order valence-electron chi connectivity index (χ2n) is 3.33. The molecule has 0 amide bonds. The summed E-state index contributed by atoms with van der Waals surface area (Å²) in [7, 11) is 2.10. The van der Waals surface area contributed by atoms with E-state index in [0.29, 0.717) is 6.04 Å². The lowest BCUT2D eigenvalue weighted by Gasteiger charge is -2.24. The van der Waals surface area contributed by atoms with Crippen molar-refractivity contribution in [2.24, 2.45) is 0 Å². The van der Waals surface area contributed by atoms with Gasteiger partial charge in [0.1, 0.15) is 16.7 Å². The molecule has 1 saturated heterocycles. The van der Waals surface area contributed by atoms with E-state index in [1.54, 1.807) is 6.33 Å². The van der Waals surface area contributed by atoms with E-state index in [1.807, 2.05) is 17.8 Å². The standard InChI is InChI=1S/C9H12BrN3S/c1-13(7-2-3-14-5-7)9-4-8(10)11-6-12-9/h4,6-7H,2-3,5H2,1H3. The third-order valence-electron chi connectivity index (χ3n) is 2.43. The molecule has 0 aliphatic carbocycles. The summed E-state index contributed by atoms with van der Waals surface area (Å²) in [6.45, 7) is 0. The SMILES string of the molecule is CN(c1cc(Br)ncn1)C1CCSC1. The van der Waals surface area contributed by atoms with Crippen LogP contribution in [0.4, 0.5) is 5.82 Å². The minimum atomic E-state index is 0.627. The summed E-state index contributed by atoms with van der Waals surface area (Å²) in [4.78, 5) is 10.5. The lowest BCUT2D eigenvalue weighted by molar-refractivity contribution is 0.690. The van der Waals surface area contributed by atoms with Gasteiger partial charge >= 0.3 is 0 Å². The highest BCUT2D eigenvalue weighted by molar-refractivity contribution is 9.10. The van der Waals surface area contributed by atoms with Crippen LogP contribution in [0.15, 0.2) is 17.0 Å². The molecule has 0 saturated carbocycles. The van der Waals surface area contributed by atoms with Gasteiger partial charge in [0, 0.05) is 24.9 Å². The van der Waals surface area contributed by atoms with E-state index in [9.17, 15) is 0 Å². The Morgan fingerprint density at radius 3 is 3.07 bits per heavy atom. The third-order valence-corrected chi connectivity index (χ3v) is 4.01. The molecule has 1 fully saturated rings. The van der Waals surface area contributed by atoms with Crippen LogP contribution in [0, 0.1) is 0 Å². The maximum absolute atomic E-state index is 4.26. The predicted molar refractivity (Wildman–Crippen MR) is 63.9 cm³/mol. The molecule has 1 aromatic rings. The largest absolute Gasteiger partial charge is 0.356 e. The van der Waals surface area contributed by atoms with Gasteiger partial charge in [-0.05, 0) is 28.1 Å². The maximum Gasteiger partial charge on any atom is 0.133 e. The molecule has 0 spiro atoms. The molecule has 1 aliphatic rings. The van der Waals surface area contributed by atoms with Crippen LogP contribution in [0.1, 0.15) is 6.42 Å². The number of hydrogen-bond donors (Lipinski definition) is 0. The molecule has 0 bridgehead atoms. The van der Waals surface area contributed by atoms with Crippen LogP contribution in [0.5, 0.6) is 0 Å². The Balaban J connectivity index is 2.13. The minimum Gasteiger partial charge on any atom is -0.356 e. The molecule has 1 unspecified atom stereocenters. The van der Waals surface area contributed by atoms with E-state index in [0.717, 1.165) is 10.4 Å². The van der Waals surface area contributed by atoms with E-state index < -0.39 is 0 Å². The summed E-state index contributed by atoms with van der Waals surface area (Å²) in [6, 6.07) is 2.59. The summed E-state index contributed by atoms with van der Waals surface area (Å²) >= 11 is 5.37. The molecule has 3 nitrogen and oxygen atoms in total. The fraction of sp³-hybridized carbons (Fsp3) is 0.556. The molecular formula is C9H12BrN3S. The van der Waals surface area contributed by atoms with Gasteiger partial charge in [0.25, 0.3) is 0 Å². The van der Waals surface area contributed by atoms with Crippen molar-refractivity contribution < 1.29 is 0 Å². The molecule has 0 aromatic carbocycles. The normalized spacial score (nSPS) is 21.1. The van der Waals surface area contributed by atoms with Crippen molar-refractivity contribution in [1.29, 1.82) is 0 Å². The van der Waals surface area contributed by atoms with Crippen LogP contribution in [0.3, 0.4) is 0 Å². The van der Waals surface area contributed by atoms with Gasteiger partial charge in [-0.3, -0.25) is 0 Å². The first-order valence-electron chi connectivity index (χ1n) is 4.55. The predicted octanol–water partition coefficient (Wildman–Crippen LogP) is 2.18. The minimum absolute atomic E-state index is 0.627. The monoisotopic (exact) mass is 273 g/mol. The zero-order valence-electron chi connectivity index (χ0n) is 7.98. The molecule has 5 heteroatoms. The van der Waals surface area contributed by atoms with Crippen LogP contribution in [0.25, 0.3) is 0 Å². The zero-order valence-corrected chi connectivity index (χ0v) is 10.4. The van der Waals surface area contributed by atoms with Crippen LogP contribution in [-0.4, -0.2) is 34.6 Å². The molecule has 2 heterocycles. The first-order chi connectivity index (χ1) is 6.77. The number of nitrogens with zero attached hydrogens (tertiary/aromatic N) is 3. The summed E-state index contributed by atoms with van der Waals surface area (Å²) in [6.07, 6.45) is 2.85. The van der Waals surface area contributed by atoms with Gasteiger partial charge in [0.05, 0.1) is 0 Å². The zero-order chi connectivity index (χ0) is 9.97. The van der Waals surface area contributed by atoms with Crippen molar-refractivity contribution in [3.63, 3.8) is 0 Å². The van der Waals surface area contributed by atoms with Crippen LogP contribution in [-0.2, 0) is 0 Å². The van der Waals surface area contributed by atoms with Gasteiger partial charge in [-0.25, -0.2) is 9.97 Å². The van der Waals surface area contributed by atoms with Crippen LogP contribution < -0.4 is 4.90 Å². The highest BCUT2D eigenvalue weighted by Gasteiger charge is 2.20. The summed E-state index contributed by atoms with van der Waals surface area (Å²) in [5.41, 5.74) is 0. The van der Waals surface area contributed by atoms with Gasteiger partial charge in [-0.1, -0.05) is 0 Å². The highest BCUT2D eigenvalue weighted by Crippen LogP contribution is 2.25. The van der Waals surface area contributed by atoms with Crippen LogP contribution >= 0.6 is 27.7 Å². The topological polar surface area (TPSA) is 29.0 Å². The fourth-order valence-electron chi connectivity index (χ4n) is 1.53. The van der Waals surface area contributed by atoms with E-state index in [1.165, 1.54) is 17.9 Å². The molecule has 1 aliphatic heterocycles. The second-order valence-corrected chi connectivity index (χ2v) is 5.29. The molecule has 1 aromatic heterocycles. The summed E-state index contributed by atoms with van der Waals surface area (Å²) in [5.74, 6) is 3.47. The van der Waals surface area contributed by atoms with Crippen LogP contribution in [0.2, 0.25) is 0 Å². The van der Waals surface area contributed by atoms with Gasteiger partial charge in [0.2, 0.25) is 0 Å². The van der Waals surface area contributed by atoms with Crippen molar-refractivity contribution in [2.75, 3.05) is 23.5 Å². The molecule has 14 heavy (non-hydrogen) atoms. The Bertz CT molecular complexity index is 315. The summed E-state index contributed by atoms with van der Waals surface area (Å²) in [5, 5.41) is 0. The lowest BCUT2D eigenvalue weighted by Crippen LogP contribution is -2.31. The number of aromatic nitrogens is 2. The molecule has 0 N–H and O–H groups in total. The van der Waals surface area contributed by atoms with Crippen molar-refractivity contribution >= 4 is 33.5 Å². The van der Waals surface area contributed by atoms with Gasteiger partial charge in [-0.15, -0.1) is 0 Å². The number of rotatable bonds is 2. The fourth-order valence-corrected chi connectivity index (χ4v) is 3.10. The molecule has 1 atom stereocenters. The molecule has 0 radical (unpaired) electrons. The Hall–Kier alpha value is -0.290. The van der Waals surface area contributed by atoms with Crippen molar-refractivity contribution in [3.8, 4) is 0 Å². The van der Waals surface area contributed by atoms with E-state index in [2.05, 4.69) is 37.8 Å². The average Bonchev–Trinajstić information content (AvgIpc) is 2.69. The van der Waals surface area contributed by atoms with Crippen molar-refractivity contribution in [2.45, 2.75) is 12.5 Å². The first kappa shape index (κ1) is 10.2. The Morgan fingerprint density at radius 2 is 2.43 bits per heavy atom. The Labute approximate surface area is 96.4 Å². The molecule has 2 rings (SSSR count).